The summed E-state index contributed by atoms with van der Waals surface area (Å²) >= 11 is 5.62. The summed E-state index contributed by atoms with van der Waals surface area (Å²) in [6.07, 6.45) is 2.04. The van der Waals surface area contributed by atoms with Gasteiger partial charge in [0.1, 0.15) is 11.2 Å². The maximum atomic E-state index is 11.4. The van der Waals surface area contributed by atoms with E-state index in [1.807, 2.05) is 13.0 Å². The van der Waals surface area contributed by atoms with Gasteiger partial charge in [0.15, 0.2) is 0 Å². The van der Waals surface area contributed by atoms with Gasteiger partial charge < -0.3 is 4.74 Å². The number of pyridine rings is 1. The molecule has 0 saturated carbocycles. The Hall–Kier alpha value is -1.60. The molecule has 0 saturated heterocycles. The van der Waals surface area contributed by atoms with Crippen LogP contribution in [0.3, 0.4) is 0 Å². The molecule has 1 aromatic heterocycles. The van der Waals surface area contributed by atoms with Crippen LogP contribution in [0.2, 0.25) is 5.15 Å². The van der Waals surface area contributed by atoms with Crippen LogP contribution in [-0.2, 0) is 4.74 Å². The fraction of sp³-hybridized carbons (Fsp3) is 0.300. The van der Waals surface area contributed by atoms with E-state index in [9.17, 15) is 4.79 Å². The second-order valence-electron chi connectivity index (χ2n) is 2.81. The number of halogens is 1. The minimum absolute atomic E-state index is 0.0875. The van der Waals surface area contributed by atoms with Gasteiger partial charge in [-0.2, -0.15) is 5.26 Å². The van der Waals surface area contributed by atoms with E-state index in [0.29, 0.717) is 6.61 Å². The minimum atomic E-state index is -0.488. The van der Waals surface area contributed by atoms with Crippen LogP contribution >= 0.6 is 11.6 Å². The number of hydrogen-bond donors (Lipinski definition) is 0. The fourth-order valence-corrected chi connectivity index (χ4v) is 1.06. The van der Waals surface area contributed by atoms with Crippen molar-refractivity contribution < 1.29 is 9.53 Å². The number of carbonyl (C=O) groups excluding carboxylic acids is 1. The Balaban J connectivity index is 2.87. The van der Waals surface area contributed by atoms with Gasteiger partial charge in [-0.3, -0.25) is 0 Å². The number of ether oxygens (including phenoxy) is 1. The van der Waals surface area contributed by atoms with E-state index in [0.717, 1.165) is 6.42 Å². The summed E-state index contributed by atoms with van der Waals surface area (Å²) in [6.45, 7) is 2.25. The topological polar surface area (TPSA) is 63.0 Å². The lowest BCUT2D eigenvalue weighted by atomic mass is 10.2. The molecule has 0 fully saturated rings. The zero-order valence-electron chi connectivity index (χ0n) is 8.16. The molecule has 0 unspecified atom stereocenters. The van der Waals surface area contributed by atoms with Gasteiger partial charge in [-0.15, -0.1) is 0 Å². The molecule has 0 radical (unpaired) electrons. The molecule has 78 valence electrons. The van der Waals surface area contributed by atoms with E-state index in [4.69, 9.17) is 21.6 Å². The third-order valence-electron chi connectivity index (χ3n) is 1.63. The molecule has 0 bridgehead atoms. The highest BCUT2D eigenvalue weighted by molar-refractivity contribution is 6.30. The van der Waals surface area contributed by atoms with Crippen molar-refractivity contribution in [2.24, 2.45) is 0 Å². The average Bonchev–Trinajstić information content (AvgIpc) is 2.26. The van der Waals surface area contributed by atoms with Gasteiger partial charge >= 0.3 is 5.97 Å². The van der Waals surface area contributed by atoms with Gasteiger partial charge in [0.25, 0.3) is 0 Å². The number of esters is 1. The van der Waals surface area contributed by atoms with E-state index < -0.39 is 5.97 Å². The van der Waals surface area contributed by atoms with Gasteiger partial charge in [0, 0.05) is 6.20 Å². The van der Waals surface area contributed by atoms with Gasteiger partial charge in [0.2, 0.25) is 0 Å². The maximum absolute atomic E-state index is 11.4. The monoisotopic (exact) mass is 224 g/mol. The molecule has 0 aliphatic heterocycles. The zero-order valence-corrected chi connectivity index (χ0v) is 8.91. The highest BCUT2D eigenvalue weighted by Gasteiger charge is 2.10. The normalized spacial score (nSPS) is 9.40. The SMILES string of the molecule is CCCOC(=O)c1cnc(Cl)c(C#N)c1. The standard InChI is InChI=1S/C10H9ClN2O2/c1-2-3-15-10(14)8-4-7(5-12)9(11)13-6-8/h4,6H,2-3H2,1H3. The first-order chi connectivity index (χ1) is 7.19. The van der Waals surface area contributed by atoms with Crippen LogP contribution in [0.4, 0.5) is 0 Å². The molecular weight excluding hydrogens is 216 g/mol. The first kappa shape index (κ1) is 11.5. The molecule has 0 N–H and O–H groups in total. The van der Waals surface area contributed by atoms with Crippen molar-refractivity contribution in [3.05, 3.63) is 28.5 Å². The summed E-state index contributed by atoms with van der Waals surface area (Å²) < 4.78 is 4.89. The highest BCUT2D eigenvalue weighted by atomic mass is 35.5. The summed E-state index contributed by atoms with van der Waals surface area (Å²) in [5.41, 5.74) is 0.409. The molecule has 1 aromatic rings. The first-order valence-corrected chi connectivity index (χ1v) is 4.79. The fourth-order valence-electron chi connectivity index (χ4n) is 0.916. The summed E-state index contributed by atoms with van der Waals surface area (Å²) in [6, 6.07) is 3.21. The Morgan fingerprint density at radius 1 is 1.73 bits per heavy atom. The molecule has 0 spiro atoms. The van der Waals surface area contributed by atoms with Gasteiger partial charge in [-0.05, 0) is 12.5 Å². The molecule has 15 heavy (non-hydrogen) atoms. The molecular formula is C10H9ClN2O2. The predicted molar refractivity (Wildman–Crippen MR) is 54.5 cm³/mol. The number of nitriles is 1. The molecule has 0 aliphatic carbocycles. The Bertz CT molecular complexity index is 412. The molecule has 5 heteroatoms. The summed E-state index contributed by atoms with van der Waals surface area (Å²) in [7, 11) is 0. The molecule has 1 rings (SSSR count). The minimum Gasteiger partial charge on any atom is -0.462 e. The van der Waals surface area contributed by atoms with Crippen molar-refractivity contribution in [3.8, 4) is 6.07 Å². The molecule has 4 nitrogen and oxygen atoms in total. The maximum Gasteiger partial charge on any atom is 0.339 e. The Morgan fingerprint density at radius 3 is 3.07 bits per heavy atom. The van der Waals surface area contributed by atoms with Gasteiger partial charge in [-0.25, -0.2) is 9.78 Å². The molecule has 0 aliphatic rings. The molecule has 1 heterocycles. The van der Waals surface area contributed by atoms with Gasteiger partial charge in [-0.1, -0.05) is 18.5 Å². The van der Waals surface area contributed by atoms with E-state index in [2.05, 4.69) is 4.98 Å². The van der Waals surface area contributed by atoms with Crippen LogP contribution in [0.1, 0.15) is 29.3 Å². The van der Waals surface area contributed by atoms with E-state index >= 15 is 0 Å². The van der Waals surface area contributed by atoms with Crippen molar-refractivity contribution in [2.75, 3.05) is 6.61 Å². The smallest absolute Gasteiger partial charge is 0.339 e. The lowest BCUT2D eigenvalue weighted by Gasteiger charge is -2.02. The number of nitrogens with zero attached hydrogens (tertiary/aromatic N) is 2. The predicted octanol–water partition coefficient (Wildman–Crippen LogP) is 2.17. The van der Waals surface area contributed by atoms with Crippen molar-refractivity contribution in [2.45, 2.75) is 13.3 Å². The average molecular weight is 225 g/mol. The van der Waals surface area contributed by atoms with Crippen LogP contribution in [0, 0.1) is 11.3 Å². The van der Waals surface area contributed by atoms with Crippen molar-refractivity contribution >= 4 is 17.6 Å². The summed E-state index contributed by atoms with van der Waals surface area (Å²) in [5.74, 6) is -0.488. The number of hydrogen-bond acceptors (Lipinski definition) is 4. The van der Waals surface area contributed by atoms with Crippen LogP contribution in [-0.4, -0.2) is 17.6 Å². The first-order valence-electron chi connectivity index (χ1n) is 4.41. The number of aromatic nitrogens is 1. The van der Waals surface area contributed by atoms with Crippen LogP contribution < -0.4 is 0 Å². The Morgan fingerprint density at radius 2 is 2.47 bits per heavy atom. The third-order valence-corrected chi connectivity index (χ3v) is 1.93. The molecule has 0 amide bonds. The van der Waals surface area contributed by atoms with Crippen LogP contribution in [0.15, 0.2) is 12.3 Å². The number of rotatable bonds is 3. The second-order valence-corrected chi connectivity index (χ2v) is 3.17. The van der Waals surface area contributed by atoms with Gasteiger partial charge in [0.05, 0.1) is 17.7 Å². The third kappa shape index (κ3) is 2.93. The molecule has 0 aromatic carbocycles. The van der Waals surface area contributed by atoms with E-state index in [1.165, 1.54) is 12.3 Å². The van der Waals surface area contributed by atoms with Crippen molar-refractivity contribution in [3.63, 3.8) is 0 Å². The van der Waals surface area contributed by atoms with Crippen LogP contribution in [0.25, 0.3) is 0 Å². The lowest BCUT2D eigenvalue weighted by molar-refractivity contribution is 0.0504. The van der Waals surface area contributed by atoms with Crippen molar-refractivity contribution in [1.82, 2.24) is 4.98 Å². The van der Waals surface area contributed by atoms with Crippen LogP contribution in [0.5, 0.6) is 0 Å². The van der Waals surface area contributed by atoms with Crippen molar-refractivity contribution in [1.29, 1.82) is 5.26 Å². The van der Waals surface area contributed by atoms with E-state index in [-0.39, 0.29) is 16.3 Å². The zero-order chi connectivity index (χ0) is 11.3. The largest absolute Gasteiger partial charge is 0.462 e. The highest BCUT2D eigenvalue weighted by Crippen LogP contribution is 2.13. The lowest BCUT2D eigenvalue weighted by Crippen LogP contribution is -2.06. The Kier molecular flexibility index (Phi) is 4.07. The molecule has 0 atom stereocenters. The summed E-state index contributed by atoms with van der Waals surface area (Å²) in [5, 5.41) is 8.76. The summed E-state index contributed by atoms with van der Waals surface area (Å²) in [4.78, 5) is 15.1. The van der Waals surface area contributed by atoms with E-state index in [1.54, 1.807) is 0 Å². The number of carbonyl (C=O) groups is 1. The quantitative estimate of drug-likeness (QED) is 0.583. The second kappa shape index (κ2) is 5.32. The Labute approximate surface area is 92.4 Å².